The molecule has 0 aromatic heterocycles. The number of nitrogen functional groups attached to an aromatic ring is 1. The maximum Gasteiger partial charge on any atom is 0.223 e. The number of halogens is 1. The van der Waals surface area contributed by atoms with E-state index in [0.717, 1.165) is 11.3 Å². The zero-order chi connectivity index (χ0) is 13.4. The number of benzene rings is 1. The Hall–Kier alpha value is -1.74. The molecule has 104 valence electrons. The first-order valence-electron chi connectivity index (χ1n) is 6.02. The van der Waals surface area contributed by atoms with Gasteiger partial charge in [-0.3, -0.25) is 4.79 Å². The molecular weight excluding hydrogens is 260 g/mol. The lowest BCUT2D eigenvalue weighted by atomic mass is 10.1. The van der Waals surface area contributed by atoms with Gasteiger partial charge in [-0.1, -0.05) is 30.4 Å². The molecule has 1 aromatic rings. The number of anilines is 1. The van der Waals surface area contributed by atoms with Crippen LogP contribution in [0.5, 0.6) is 0 Å². The Labute approximate surface area is 121 Å². The van der Waals surface area contributed by atoms with Gasteiger partial charge in [0.1, 0.15) is 0 Å². The Kier molecular flexibility index (Phi) is 8.38. The minimum absolute atomic E-state index is 0. The highest BCUT2D eigenvalue weighted by molar-refractivity contribution is 5.85. The van der Waals surface area contributed by atoms with Crippen LogP contribution in [0.3, 0.4) is 0 Å². The van der Waals surface area contributed by atoms with E-state index in [1.165, 1.54) is 0 Å². The van der Waals surface area contributed by atoms with Crippen LogP contribution in [0.2, 0.25) is 0 Å². The molecule has 0 aliphatic heterocycles. The fraction of sp³-hybridized carbons (Fsp3) is 0.267. The molecule has 0 atom stereocenters. The van der Waals surface area contributed by atoms with Gasteiger partial charge in [0, 0.05) is 25.2 Å². The van der Waals surface area contributed by atoms with Crippen molar-refractivity contribution in [1.82, 2.24) is 4.90 Å². The highest BCUT2D eigenvalue weighted by Gasteiger charge is 2.11. The molecule has 1 rings (SSSR count). The second-order valence-electron chi connectivity index (χ2n) is 4.07. The summed E-state index contributed by atoms with van der Waals surface area (Å²) in [4.78, 5) is 13.7. The maximum atomic E-state index is 12.0. The number of para-hydroxylation sites is 1. The van der Waals surface area contributed by atoms with Crippen LogP contribution < -0.4 is 5.73 Å². The molecular formula is C15H21ClN2O. The molecule has 19 heavy (non-hydrogen) atoms. The Morgan fingerprint density at radius 3 is 2.32 bits per heavy atom. The second-order valence-corrected chi connectivity index (χ2v) is 4.07. The van der Waals surface area contributed by atoms with Crippen molar-refractivity contribution in [3.63, 3.8) is 0 Å². The number of hydrogen-bond donors (Lipinski definition) is 1. The molecule has 0 radical (unpaired) electrons. The predicted octanol–water partition coefficient (Wildman–Crippen LogP) is 2.82. The molecule has 0 saturated carbocycles. The molecule has 0 unspecified atom stereocenters. The summed E-state index contributed by atoms with van der Waals surface area (Å²) in [6, 6.07) is 7.63. The first-order chi connectivity index (χ1) is 8.69. The standard InChI is InChI=1S/C15H20N2O.ClH/c1-3-11-17(12-4-2)15(18)10-9-13-7-5-6-8-14(13)16;/h3-8H,1-2,9-12,16H2;1H. The summed E-state index contributed by atoms with van der Waals surface area (Å²) < 4.78 is 0. The molecule has 0 saturated heterocycles. The number of carbonyl (C=O) groups excluding carboxylic acids is 1. The van der Waals surface area contributed by atoms with E-state index in [2.05, 4.69) is 13.2 Å². The van der Waals surface area contributed by atoms with Crippen molar-refractivity contribution in [1.29, 1.82) is 0 Å². The lowest BCUT2D eigenvalue weighted by Crippen LogP contribution is -2.31. The smallest absolute Gasteiger partial charge is 0.223 e. The van der Waals surface area contributed by atoms with Gasteiger partial charge in [-0.25, -0.2) is 0 Å². The Balaban J connectivity index is 0.00000324. The van der Waals surface area contributed by atoms with Gasteiger partial charge in [-0.2, -0.15) is 0 Å². The molecule has 0 fully saturated rings. The molecule has 0 aliphatic carbocycles. The lowest BCUT2D eigenvalue weighted by Gasteiger charge is -2.19. The number of nitrogens with two attached hydrogens (primary N) is 1. The van der Waals surface area contributed by atoms with Crippen LogP contribution in [-0.2, 0) is 11.2 Å². The maximum absolute atomic E-state index is 12.0. The van der Waals surface area contributed by atoms with E-state index in [0.29, 0.717) is 25.9 Å². The summed E-state index contributed by atoms with van der Waals surface area (Å²) in [5, 5.41) is 0. The summed E-state index contributed by atoms with van der Waals surface area (Å²) in [6.07, 6.45) is 4.56. The van der Waals surface area contributed by atoms with Crippen LogP contribution in [0, 0.1) is 0 Å². The predicted molar refractivity (Wildman–Crippen MR) is 83.4 cm³/mol. The molecule has 4 heteroatoms. The fourth-order valence-corrected chi connectivity index (χ4v) is 1.75. The number of nitrogens with zero attached hydrogens (tertiary/aromatic N) is 1. The molecule has 0 bridgehead atoms. The van der Waals surface area contributed by atoms with Gasteiger partial charge < -0.3 is 10.6 Å². The Bertz CT molecular complexity index is 422. The summed E-state index contributed by atoms with van der Waals surface area (Å²) in [6.45, 7) is 8.40. The van der Waals surface area contributed by atoms with Crippen LogP contribution in [0.1, 0.15) is 12.0 Å². The minimum atomic E-state index is 0. The van der Waals surface area contributed by atoms with E-state index < -0.39 is 0 Å². The van der Waals surface area contributed by atoms with E-state index in [1.54, 1.807) is 17.1 Å². The van der Waals surface area contributed by atoms with Crippen molar-refractivity contribution >= 4 is 24.0 Å². The number of carbonyl (C=O) groups is 1. The third kappa shape index (κ3) is 5.62. The van der Waals surface area contributed by atoms with Crippen molar-refractivity contribution < 1.29 is 4.79 Å². The van der Waals surface area contributed by atoms with Crippen LogP contribution in [0.15, 0.2) is 49.6 Å². The highest BCUT2D eigenvalue weighted by Crippen LogP contribution is 2.13. The van der Waals surface area contributed by atoms with E-state index in [-0.39, 0.29) is 18.3 Å². The largest absolute Gasteiger partial charge is 0.399 e. The molecule has 2 N–H and O–H groups in total. The van der Waals surface area contributed by atoms with Gasteiger partial charge >= 0.3 is 0 Å². The molecule has 1 aromatic carbocycles. The quantitative estimate of drug-likeness (QED) is 0.617. The first kappa shape index (κ1) is 17.3. The second kappa shape index (κ2) is 9.22. The topological polar surface area (TPSA) is 46.3 Å². The number of hydrogen-bond acceptors (Lipinski definition) is 2. The average Bonchev–Trinajstić information content (AvgIpc) is 2.37. The summed E-state index contributed by atoms with van der Waals surface area (Å²) in [5.41, 5.74) is 7.60. The summed E-state index contributed by atoms with van der Waals surface area (Å²) in [5.74, 6) is 0.0954. The van der Waals surface area contributed by atoms with Gasteiger partial charge in [-0.05, 0) is 18.1 Å². The average molecular weight is 281 g/mol. The highest BCUT2D eigenvalue weighted by atomic mass is 35.5. The first-order valence-corrected chi connectivity index (χ1v) is 6.02. The van der Waals surface area contributed by atoms with E-state index >= 15 is 0 Å². The van der Waals surface area contributed by atoms with Crippen molar-refractivity contribution in [3.05, 3.63) is 55.1 Å². The van der Waals surface area contributed by atoms with Gasteiger partial charge in [0.15, 0.2) is 0 Å². The Morgan fingerprint density at radius 2 is 1.79 bits per heavy atom. The van der Waals surface area contributed by atoms with Crippen LogP contribution in [0.25, 0.3) is 0 Å². The van der Waals surface area contributed by atoms with Gasteiger partial charge in [0.25, 0.3) is 0 Å². The molecule has 0 heterocycles. The third-order valence-electron chi connectivity index (χ3n) is 2.71. The van der Waals surface area contributed by atoms with Crippen LogP contribution in [0.4, 0.5) is 5.69 Å². The zero-order valence-corrected chi connectivity index (χ0v) is 11.9. The van der Waals surface area contributed by atoms with Crippen LogP contribution in [-0.4, -0.2) is 23.9 Å². The minimum Gasteiger partial charge on any atom is -0.399 e. The number of aryl methyl sites for hydroxylation is 1. The van der Waals surface area contributed by atoms with Gasteiger partial charge in [-0.15, -0.1) is 25.6 Å². The molecule has 1 amide bonds. The van der Waals surface area contributed by atoms with Crippen molar-refractivity contribution in [2.75, 3.05) is 18.8 Å². The molecule has 0 spiro atoms. The van der Waals surface area contributed by atoms with Crippen molar-refractivity contribution in [2.24, 2.45) is 0 Å². The normalized spacial score (nSPS) is 9.26. The summed E-state index contributed by atoms with van der Waals surface area (Å²) in [7, 11) is 0. The van der Waals surface area contributed by atoms with Gasteiger partial charge in [0.05, 0.1) is 0 Å². The van der Waals surface area contributed by atoms with Crippen molar-refractivity contribution in [2.45, 2.75) is 12.8 Å². The summed E-state index contributed by atoms with van der Waals surface area (Å²) >= 11 is 0. The zero-order valence-electron chi connectivity index (χ0n) is 11.0. The lowest BCUT2D eigenvalue weighted by molar-refractivity contribution is -0.130. The van der Waals surface area contributed by atoms with Crippen molar-refractivity contribution in [3.8, 4) is 0 Å². The van der Waals surface area contributed by atoms with Crippen LogP contribution >= 0.6 is 12.4 Å². The van der Waals surface area contributed by atoms with E-state index in [9.17, 15) is 4.79 Å². The van der Waals surface area contributed by atoms with E-state index in [1.807, 2.05) is 24.3 Å². The molecule has 3 nitrogen and oxygen atoms in total. The SMILES string of the molecule is C=CCN(CC=C)C(=O)CCc1ccccc1N.Cl. The Morgan fingerprint density at radius 1 is 1.21 bits per heavy atom. The van der Waals surface area contributed by atoms with Gasteiger partial charge in [0.2, 0.25) is 5.91 Å². The fourth-order valence-electron chi connectivity index (χ4n) is 1.75. The number of amides is 1. The van der Waals surface area contributed by atoms with E-state index in [4.69, 9.17) is 5.73 Å². The molecule has 0 aliphatic rings. The number of rotatable bonds is 7. The monoisotopic (exact) mass is 280 g/mol. The third-order valence-corrected chi connectivity index (χ3v) is 2.71.